The van der Waals surface area contributed by atoms with Crippen molar-refractivity contribution in [3.63, 3.8) is 0 Å². The standard InChI is InChI=1S/C14H27NO4.2Na.2H/c1-4-5-6-7-8-9-10-19-14(18)12(3)15-11(2)13(16)17;;;;/h11-12,15H,4-10H2,1-3H3,(H,16,17);;;;. The summed E-state index contributed by atoms with van der Waals surface area (Å²) in [6.45, 7) is 5.70. The number of rotatable bonds is 11. The molecule has 116 valence electrons. The van der Waals surface area contributed by atoms with Crippen molar-refractivity contribution in [1.29, 1.82) is 0 Å². The molecular weight excluding hydrogens is 292 g/mol. The fourth-order valence-electron chi connectivity index (χ4n) is 1.69. The van der Waals surface area contributed by atoms with Gasteiger partial charge >= 0.3 is 71.1 Å². The zero-order valence-corrected chi connectivity index (χ0v) is 12.3. The molecule has 0 aliphatic rings. The van der Waals surface area contributed by atoms with Crippen LogP contribution in [-0.4, -0.2) is 94.9 Å². The summed E-state index contributed by atoms with van der Waals surface area (Å²) >= 11 is 0. The molecule has 5 nitrogen and oxygen atoms in total. The molecule has 7 heteroatoms. The third-order valence-corrected chi connectivity index (χ3v) is 2.97. The van der Waals surface area contributed by atoms with E-state index in [4.69, 9.17) is 9.84 Å². The number of carboxylic acids is 1. The number of hydrogen-bond donors (Lipinski definition) is 2. The Morgan fingerprint density at radius 3 is 2.05 bits per heavy atom. The van der Waals surface area contributed by atoms with Crippen LogP contribution in [-0.2, 0) is 14.3 Å². The van der Waals surface area contributed by atoms with E-state index in [1.165, 1.54) is 32.6 Å². The van der Waals surface area contributed by atoms with Gasteiger partial charge in [-0.2, -0.15) is 0 Å². The van der Waals surface area contributed by atoms with Crippen LogP contribution >= 0.6 is 0 Å². The van der Waals surface area contributed by atoms with Gasteiger partial charge in [0.25, 0.3) is 0 Å². The van der Waals surface area contributed by atoms with Gasteiger partial charge in [0.15, 0.2) is 0 Å². The van der Waals surface area contributed by atoms with E-state index in [2.05, 4.69) is 12.2 Å². The number of carboxylic acid groups (broad SMARTS) is 1. The van der Waals surface area contributed by atoms with Gasteiger partial charge in [0, 0.05) is 0 Å². The second-order valence-electron chi connectivity index (χ2n) is 4.88. The molecule has 2 unspecified atom stereocenters. The predicted octanol–water partition coefficient (Wildman–Crippen LogP) is 1.04. The van der Waals surface area contributed by atoms with Gasteiger partial charge in [-0.25, -0.2) is 0 Å². The van der Waals surface area contributed by atoms with Crippen LogP contribution in [0.15, 0.2) is 0 Å². The molecule has 0 heterocycles. The summed E-state index contributed by atoms with van der Waals surface area (Å²) in [7, 11) is 0. The van der Waals surface area contributed by atoms with E-state index < -0.39 is 18.1 Å². The maximum absolute atomic E-state index is 11.6. The van der Waals surface area contributed by atoms with Crippen molar-refractivity contribution in [1.82, 2.24) is 5.32 Å². The van der Waals surface area contributed by atoms with E-state index in [1.807, 2.05) is 0 Å². The maximum atomic E-state index is 11.6. The molecule has 21 heavy (non-hydrogen) atoms. The zero-order valence-electron chi connectivity index (χ0n) is 12.3. The number of nitrogens with one attached hydrogen (secondary N) is 1. The first-order valence-electron chi connectivity index (χ1n) is 7.14. The fourth-order valence-corrected chi connectivity index (χ4v) is 1.69. The van der Waals surface area contributed by atoms with Crippen LogP contribution in [0.3, 0.4) is 0 Å². The number of unbranched alkanes of at least 4 members (excludes halogenated alkanes) is 5. The summed E-state index contributed by atoms with van der Waals surface area (Å²) in [5.74, 6) is -1.36. The van der Waals surface area contributed by atoms with Crippen molar-refractivity contribution >= 4 is 71.1 Å². The van der Waals surface area contributed by atoms with Crippen LogP contribution in [0.1, 0.15) is 59.3 Å². The number of aliphatic carboxylic acids is 1. The Balaban J connectivity index is -0.00000162. The van der Waals surface area contributed by atoms with Crippen molar-refractivity contribution < 1.29 is 19.4 Å². The monoisotopic (exact) mass is 321 g/mol. The van der Waals surface area contributed by atoms with Crippen LogP contribution in [0.5, 0.6) is 0 Å². The third kappa shape index (κ3) is 15.6. The molecule has 0 aromatic rings. The summed E-state index contributed by atoms with van der Waals surface area (Å²) < 4.78 is 5.10. The van der Waals surface area contributed by atoms with Crippen molar-refractivity contribution in [2.45, 2.75) is 71.4 Å². The average molecular weight is 321 g/mol. The van der Waals surface area contributed by atoms with Crippen LogP contribution in [0.2, 0.25) is 0 Å². The molecule has 0 aromatic heterocycles. The SMILES string of the molecule is CCCCCCCCOC(=O)C(C)NC(C)C(=O)O.[NaH].[NaH]. The predicted molar refractivity (Wildman–Crippen MR) is 88.3 cm³/mol. The van der Waals surface area contributed by atoms with Gasteiger partial charge in [0.05, 0.1) is 6.61 Å². The quantitative estimate of drug-likeness (QED) is 0.338. The molecule has 0 spiro atoms. The van der Waals surface area contributed by atoms with E-state index in [0.29, 0.717) is 6.61 Å². The van der Waals surface area contributed by atoms with Crippen LogP contribution in [0.4, 0.5) is 0 Å². The first kappa shape index (κ1) is 26.8. The van der Waals surface area contributed by atoms with Gasteiger partial charge in [-0.1, -0.05) is 39.0 Å². The Hall–Kier alpha value is 0.900. The molecule has 0 aliphatic heterocycles. The van der Waals surface area contributed by atoms with Crippen LogP contribution in [0.25, 0.3) is 0 Å². The summed E-state index contributed by atoms with van der Waals surface area (Å²) in [4.78, 5) is 22.2. The summed E-state index contributed by atoms with van der Waals surface area (Å²) in [6.07, 6.45) is 6.83. The number of esters is 1. The van der Waals surface area contributed by atoms with Gasteiger partial charge < -0.3 is 9.84 Å². The topological polar surface area (TPSA) is 75.6 Å². The first-order valence-corrected chi connectivity index (χ1v) is 7.14. The van der Waals surface area contributed by atoms with E-state index in [1.54, 1.807) is 6.92 Å². The Kier molecular flexibility index (Phi) is 22.0. The molecule has 0 bridgehead atoms. The summed E-state index contributed by atoms with van der Waals surface area (Å²) in [6, 6.07) is -1.34. The number of hydrogen-bond acceptors (Lipinski definition) is 4. The van der Waals surface area contributed by atoms with E-state index in [0.717, 1.165) is 12.8 Å². The molecule has 0 aliphatic carbocycles. The van der Waals surface area contributed by atoms with Gasteiger partial charge in [-0.3, -0.25) is 14.9 Å². The normalized spacial score (nSPS) is 12.5. The molecule has 2 atom stereocenters. The molecule has 0 aromatic carbocycles. The molecule has 0 radical (unpaired) electrons. The first-order chi connectivity index (χ1) is 8.99. The fraction of sp³-hybridized carbons (Fsp3) is 0.857. The van der Waals surface area contributed by atoms with E-state index >= 15 is 0 Å². The van der Waals surface area contributed by atoms with E-state index in [9.17, 15) is 9.59 Å². The zero-order chi connectivity index (χ0) is 14.7. The van der Waals surface area contributed by atoms with E-state index in [-0.39, 0.29) is 65.1 Å². The number of carbonyl (C=O) groups is 2. The number of carbonyl (C=O) groups excluding carboxylic acids is 1. The van der Waals surface area contributed by atoms with Crippen LogP contribution < -0.4 is 5.32 Å². The Labute approximate surface area is 172 Å². The Morgan fingerprint density at radius 1 is 1.00 bits per heavy atom. The van der Waals surface area contributed by atoms with Gasteiger partial charge in [-0.15, -0.1) is 0 Å². The molecule has 0 rings (SSSR count). The third-order valence-electron chi connectivity index (χ3n) is 2.97. The van der Waals surface area contributed by atoms with Crippen molar-refractivity contribution in [2.75, 3.05) is 6.61 Å². The van der Waals surface area contributed by atoms with Gasteiger partial charge in [0.1, 0.15) is 12.1 Å². The Bertz CT molecular complexity index is 278. The summed E-state index contributed by atoms with van der Waals surface area (Å²) in [5.41, 5.74) is 0. The molecule has 0 saturated carbocycles. The molecule has 0 fully saturated rings. The van der Waals surface area contributed by atoms with Crippen molar-refractivity contribution in [3.05, 3.63) is 0 Å². The van der Waals surface area contributed by atoms with Crippen molar-refractivity contribution in [3.8, 4) is 0 Å². The average Bonchev–Trinajstić information content (AvgIpc) is 2.37. The minimum absolute atomic E-state index is 0. The molecule has 2 N–H and O–H groups in total. The minimum atomic E-state index is -0.976. The Morgan fingerprint density at radius 2 is 1.52 bits per heavy atom. The van der Waals surface area contributed by atoms with Gasteiger partial charge in [-0.05, 0) is 20.3 Å². The molecular formula is C14H29NNa2O4. The second-order valence-corrected chi connectivity index (χ2v) is 4.88. The second kappa shape index (κ2) is 17.3. The molecule has 0 amide bonds. The van der Waals surface area contributed by atoms with Crippen LogP contribution in [0, 0.1) is 0 Å². The van der Waals surface area contributed by atoms with Crippen molar-refractivity contribution in [2.24, 2.45) is 0 Å². The number of ether oxygens (including phenoxy) is 1. The summed E-state index contributed by atoms with van der Waals surface area (Å²) in [5, 5.41) is 11.4. The molecule has 0 saturated heterocycles. The van der Waals surface area contributed by atoms with Gasteiger partial charge in [0.2, 0.25) is 0 Å².